The zero-order chi connectivity index (χ0) is 23.9. The fraction of sp³-hybridized carbons (Fsp3) is 0.417. The lowest BCUT2D eigenvalue weighted by Gasteiger charge is -2.35. The molecule has 1 fully saturated rings. The number of piperidine rings is 1. The number of ether oxygens (including phenoxy) is 1. The molecule has 178 valence electrons. The molecule has 10 heteroatoms. The van der Waals surface area contributed by atoms with Gasteiger partial charge in [-0.05, 0) is 50.5 Å². The fourth-order valence-electron chi connectivity index (χ4n) is 4.58. The van der Waals surface area contributed by atoms with Gasteiger partial charge in [0, 0.05) is 31.5 Å². The number of benzene rings is 1. The molecule has 1 saturated heterocycles. The van der Waals surface area contributed by atoms with Gasteiger partial charge < -0.3 is 20.7 Å². The molecule has 0 radical (unpaired) electrons. The summed E-state index contributed by atoms with van der Waals surface area (Å²) < 4.78 is 19.0. The molecular weight excluding hydrogens is 437 g/mol. The van der Waals surface area contributed by atoms with Gasteiger partial charge in [-0.3, -0.25) is 9.69 Å². The Hall–Kier alpha value is -3.53. The monoisotopic (exact) mass is 465 g/mol. The van der Waals surface area contributed by atoms with E-state index >= 15 is 0 Å². The van der Waals surface area contributed by atoms with Crippen molar-refractivity contribution in [1.82, 2.24) is 19.8 Å². The summed E-state index contributed by atoms with van der Waals surface area (Å²) in [6.45, 7) is 4.74. The number of carbonyl (C=O) groups is 1. The summed E-state index contributed by atoms with van der Waals surface area (Å²) in [5, 5.41) is 3.42. The minimum absolute atomic E-state index is 0.0334. The molecule has 4 heterocycles. The van der Waals surface area contributed by atoms with Crippen molar-refractivity contribution in [1.29, 1.82) is 0 Å². The molecule has 3 aliphatic rings. The van der Waals surface area contributed by atoms with Crippen molar-refractivity contribution in [3.63, 3.8) is 0 Å². The fourth-order valence-corrected chi connectivity index (χ4v) is 4.58. The molecule has 1 aromatic carbocycles. The number of hydrogen-bond donors (Lipinski definition) is 2. The van der Waals surface area contributed by atoms with Crippen molar-refractivity contribution in [2.45, 2.75) is 50.4 Å². The lowest BCUT2D eigenvalue weighted by molar-refractivity contribution is -0.136. The summed E-state index contributed by atoms with van der Waals surface area (Å²) in [4.78, 5) is 30.1. The minimum Gasteiger partial charge on any atom is -0.432 e. The van der Waals surface area contributed by atoms with Crippen LogP contribution in [0.15, 0.2) is 54.0 Å². The van der Waals surface area contributed by atoms with Crippen LogP contribution in [0.1, 0.15) is 50.0 Å². The molecule has 9 nitrogen and oxygen atoms in total. The largest absolute Gasteiger partial charge is 0.432 e. The molecule has 0 saturated carbocycles. The van der Waals surface area contributed by atoms with E-state index in [0.717, 1.165) is 24.1 Å². The number of nitrogens with zero attached hydrogens (tertiary/aromatic N) is 5. The van der Waals surface area contributed by atoms with Crippen molar-refractivity contribution in [2.75, 3.05) is 18.4 Å². The third kappa shape index (κ3) is 4.33. The zero-order valence-electron chi connectivity index (χ0n) is 19.2. The lowest BCUT2D eigenvalue weighted by Crippen LogP contribution is -2.54. The average Bonchev–Trinajstić information content (AvgIpc) is 3.41. The Labute approximate surface area is 197 Å². The van der Waals surface area contributed by atoms with Crippen LogP contribution >= 0.6 is 0 Å². The number of nitrogens with two attached hydrogens (primary N) is 1. The number of fused-ring (bicyclic) bond motifs is 1. The minimum atomic E-state index is -0.866. The maximum Gasteiger partial charge on any atom is 0.298 e. The van der Waals surface area contributed by atoms with Crippen molar-refractivity contribution < 1.29 is 13.9 Å². The summed E-state index contributed by atoms with van der Waals surface area (Å²) in [6, 6.07) is 8.31. The Morgan fingerprint density at radius 2 is 1.94 bits per heavy atom. The number of aromatic nitrogens is 2. The highest BCUT2D eigenvalue weighted by Crippen LogP contribution is 2.43. The standard InChI is InChI=1S/C24H28FN7O2/c1-24(2,26)21(33)31-11-8-17(9-12-31)28-22-27-10-7-18(29-22)20-19(15-3-5-16(25)6-4-15)30-23-32(20)13-14-34-23/h3-7,10,13-14,17,19-20H,8-9,11-12,26H2,1-2H3,(H,27,28,29). The molecular formula is C24H28FN7O2. The second kappa shape index (κ2) is 8.68. The van der Waals surface area contributed by atoms with Gasteiger partial charge in [0.25, 0.3) is 6.02 Å². The van der Waals surface area contributed by atoms with Crippen LogP contribution in [0.25, 0.3) is 0 Å². The quantitative estimate of drug-likeness (QED) is 0.699. The average molecular weight is 466 g/mol. The van der Waals surface area contributed by atoms with E-state index in [2.05, 4.69) is 10.3 Å². The van der Waals surface area contributed by atoms with Gasteiger partial charge in [-0.15, -0.1) is 0 Å². The van der Waals surface area contributed by atoms with Gasteiger partial charge in [0.05, 0.1) is 11.2 Å². The zero-order valence-corrected chi connectivity index (χ0v) is 19.2. The number of nitrogens with one attached hydrogen (secondary N) is 1. The number of amides is 1. The molecule has 2 atom stereocenters. The van der Waals surface area contributed by atoms with E-state index in [0.29, 0.717) is 25.1 Å². The molecule has 2 aromatic rings. The van der Waals surface area contributed by atoms with Crippen LogP contribution in [0.5, 0.6) is 0 Å². The Morgan fingerprint density at radius 1 is 1.21 bits per heavy atom. The molecule has 0 aliphatic carbocycles. The maximum atomic E-state index is 13.5. The molecule has 5 rings (SSSR count). The summed E-state index contributed by atoms with van der Waals surface area (Å²) >= 11 is 0. The molecule has 0 bridgehead atoms. The molecule has 34 heavy (non-hydrogen) atoms. The van der Waals surface area contributed by atoms with Gasteiger partial charge in [-0.25, -0.2) is 19.4 Å². The van der Waals surface area contributed by atoms with E-state index in [4.69, 9.17) is 20.4 Å². The highest BCUT2D eigenvalue weighted by molar-refractivity contribution is 5.85. The molecule has 1 aromatic heterocycles. The highest BCUT2D eigenvalue weighted by atomic mass is 19.1. The van der Waals surface area contributed by atoms with E-state index in [1.54, 1.807) is 38.4 Å². The van der Waals surface area contributed by atoms with Crippen LogP contribution in [0.3, 0.4) is 0 Å². The third-order valence-electron chi connectivity index (χ3n) is 6.32. The third-order valence-corrected chi connectivity index (χ3v) is 6.32. The van der Waals surface area contributed by atoms with Gasteiger partial charge in [-0.2, -0.15) is 0 Å². The molecule has 0 spiro atoms. The Bertz CT molecular complexity index is 1120. The first-order valence-electron chi connectivity index (χ1n) is 11.4. The molecule has 3 aliphatic heterocycles. The highest BCUT2D eigenvalue weighted by Gasteiger charge is 2.41. The summed E-state index contributed by atoms with van der Waals surface area (Å²) in [6.07, 6.45) is 6.71. The molecule has 3 N–H and O–H groups in total. The lowest BCUT2D eigenvalue weighted by atomic mass is 9.97. The normalized spacial score (nSPS) is 22.4. The number of rotatable bonds is 5. The van der Waals surface area contributed by atoms with E-state index in [-0.39, 0.29) is 29.8 Å². The topological polar surface area (TPSA) is 109 Å². The summed E-state index contributed by atoms with van der Waals surface area (Å²) in [5.74, 6) is 0.199. The summed E-state index contributed by atoms with van der Waals surface area (Å²) in [5.41, 5.74) is 6.75. The van der Waals surface area contributed by atoms with E-state index in [1.165, 1.54) is 12.1 Å². The first kappa shape index (κ1) is 22.3. The number of hydrogen-bond acceptors (Lipinski definition) is 8. The number of aliphatic imine (C=N–C) groups is 1. The maximum absolute atomic E-state index is 13.5. The number of carbonyl (C=O) groups excluding carboxylic acids is 1. The van der Waals surface area contributed by atoms with Crippen LogP contribution in [0, 0.1) is 5.82 Å². The van der Waals surface area contributed by atoms with Gasteiger partial charge in [-0.1, -0.05) is 12.1 Å². The van der Waals surface area contributed by atoms with Gasteiger partial charge in [0.1, 0.15) is 24.2 Å². The second-order valence-corrected chi connectivity index (χ2v) is 9.40. The molecule has 2 unspecified atom stereocenters. The first-order chi connectivity index (χ1) is 16.3. The summed E-state index contributed by atoms with van der Waals surface area (Å²) in [7, 11) is 0. The van der Waals surface area contributed by atoms with Crippen LogP contribution in [0.4, 0.5) is 10.3 Å². The van der Waals surface area contributed by atoms with Crippen LogP contribution in [-0.4, -0.2) is 56.4 Å². The Balaban J connectivity index is 1.31. The van der Waals surface area contributed by atoms with Crippen molar-refractivity contribution in [3.8, 4) is 0 Å². The van der Waals surface area contributed by atoms with Crippen molar-refractivity contribution >= 4 is 17.9 Å². The van der Waals surface area contributed by atoms with Crippen LogP contribution in [-0.2, 0) is 9.53 Å². The second-order valence-electron chi connectivity index (χ2n) is 9.40. The number of likely N-dealkylation sites (tertiary alicyclic amines) is 1. The predicted molar refractivity (Wildman–Crippen MR) is 125 cm³/mol. The Kier molecular flexibility index (Phi) is 5.68. The van der Waals surface area contributed by atoms with Crippen molar-refractivity contribution in [3.05, 3.63) is 66.1 Å². The predicted octanol–water partition coefficient (Wildman–Crippen LogP) is 2.71. The van der Waals surface area contributed by atoms with Crippen molar-refractivity contribution in [2.24, 2.45) is 10.7 Å². The van der Waals surface area contributed by atoms with Crippen LogP contribution < -0.4 is 11.1 Å². The number of halogens is 1. The SMILES string of the molecule is CC(C)(N)C(=O)N1CCC(Nc2nccc(C3C(c4ccc(F)cc4)N=C4OC=CN43)n2)CC1. The smallest absolute Gasteiger partial charge is 0.298 e. The van der Waals surface area contributed by atoms with E-state index in [9.17, 15) is 9.18 Å². The number of amidine groups is 1. The van der Waals surface area contributed by atoms with E-state index < -0.39 is 5.54 Å². The van der Waals surface area contributed by atoms with Gasteiger partial charge in [0.15, 0.2) is 0 Å². The van der Waals surface area contributed by atoms with Gasteiger partial charge in [0.2, 0.25) is 11.9 Å². The number of anilines is 1. The molecule has 1 amide bonds. The van der Waals surface area contributed by atoms with Gasteiger partial charge >= 0.3 is 0 Å². The first-order valence-corrected chi connectivity index (χ1v) is 11.4. The Morgan fingerprint density at radius 3 is 2.65 bits per heavy atom. The van der Waals surface area contributed by atoms with Crippen LogP contribution in [0.2, 0.25) is 0 Å². The van der Waals surface area contributed by atoms with E-state index in [1.807, 2.05) is 22.1 Å².